The molecule has 82 valence electrons. The Morgan fingerprint density at radius 2 is 2.33 bits per heavy atom. The first-order valence-corrected chi connectivity index (χ1v) is 5.23. The topological polar surface area (TPSA) is 73.1 Å². The van der Waals surface area contributed by atoms with Gasteiger partial charge in [0.05, 0.1) is 6.61 Å². The van der Waals surface area contributed by atoms with Crippen molar-refractivity contribution in [3.63, 3.8) is 0 Å². The van der Waals surface area contributed by atoms with Crippen LogP contribution in [0.3, 0.4) is 0 Å². The zero-order chi connectivity index (χ0) is 10.7. The van der Waals surface area contributed by atoms with Gasteiger partial charge in [0.15, 0.2) is 0 Å². The van der Waals surface area contributed by atoms with Crippen molar-refractivity contribution in [2.24, 2.45) is 5.92 Å². The van der Waals surface area contributed by atoms with Crippen LogP contribution < -0.4 is 15.8 Å². The van der Waals surface area contributed by atoms with E-state index in [2.05, 4.69) is 15.3 Å². The summed E-state index contributed by atoms with van der Waals surface area (Å²) in [5, 5.41) is 2.91. The van der Waals surface area contributed by atoms with E-state index < -0.39 is 0 Å². The van der Waals surface area contributed by atoms with Crippen LogP contribution in [0.5, 0.6) is 5.88 Å². The molecule has 1 aromatic heterocycles. The van der Waals surface area contributed by atoms with E-state index in [-0.39, 0.29) is 5.95 Å². The van der Waals surface area contributed by atoms with Gasteiger partial charge in [0.1, 0.15) is 5.82 Å². The molecular formula is C10H16N4O. The molecule has 0 amide bonds. The molecule has 1 aliphatic rings. The number of nitrogens with two attached hydrogens (primary N) is 1. The van der Waals surface area contributed by atoms with E-state index in [1.54, 1.807) is 13.1 Å². The predicted molar refractivity (Wildman–Crippen MR) is 58.8 cm³/mol. The number of anilines is 2. The van der Waals surface area contributed by atoms with Crippen molar-refractivity contribution in [1.29, 1.82) is 0 Å². The van der Waals surface area contributed by atoms with Gasteiger partial charge in [-0.3, -0.25) is 0 Å². The van der Waals surface area contributed by atoms with Crippen molar-refractivity contribution in [2.75, 3.05) is 24.7 Å². The van der Waals surface area contributed by atoms with Gasteiger partial charge in [0, 0.05) is 13.1 Å². The summed E-state index contributed by atoms with van der Waals surface area (Å²) in [5.74, 6) is 2.34. The first-order valence-electron chi connectivity index (χ1n) is 5.23. The molecule has 1 aromatic rings. The van der Waals surface area contributed by atoms with Gasteiger partial charge < -0.3 is 15.8 Å². The minimum atomic E-state index is 0.239. The summed E-state index contributed by atoms with van der Waals surface area (Å²) in [6, 6.07) is 1.75. The zero-order valence-electron chi connectivity index (χ0n) is 8.86. The number of ether oxygens (including phenoxy) is 1. The van der Waals surface area contributed by atoms with E-state index >= 15 is 0 Å². The molecule has 0 aromatic carbocycles. The molecule has 2 rings (SSSR count). The fourth-order valence-electron chi connectivity index (χ4n) is 1.38. The molecule has 0 radical (unpaired) electrons. The highest BCUT2D eigenvalue weighted by atomic mass is 16.5. The number of hydrogen-bond acceptors (Lipinski definition) is 5. The van der Waals surface area contributed by atoms with Gasteiger partial charge in [0.25, 0.3) is 0 Å². The molecule has 1 heterocycles. The number of nitrogens with zero attached hydrogens (tertiary/aromatic N) is 2. The molecule has 0 bridgehead atoms. The van der Waals surface area contributed by atoms with Gasteiger partial charge in [-0.15, -0.1) is 0 Å². The van der Waals surface area contributed by atoms with Gasteiger partial charge in [-0.25, -0.2) is 0 Å². The molecular weight excluding hydrogens is 192 g/mol. The summed E-state index contributed by atoms with van der Waals surface area (Å²) < 4.78 is 5.51. The van der Waals surface area contributed by atoms with E-state index in [9.17, 15) is 0 Å². The molecule has 15 heavy (non-hydrogen) atoms. The maximum absolute atomic E-state index is 5.54. The summed E-state index contributed by atoms with van der Waals surface area (Å²) in [7, 11) is 1.79. The van der Waals surface area contributed by atoms with Crippen LogP contribution in [-0.4, -0.2) is 23.6 Å². The van der Waals surface area contributed by atoms with Crippen LogP contribution in [-0.2, 0) is 0 Å². The second kappa shape index (κ2) is 4.33. The van der Waals surface area contributed by atoms with E-state index in [1.807, 2.05) is 0 Å². The normalized spacial score (nSPS) is 15.0. The fraction of sp³-hybridized carbons (Fsp3) is 0.600. The Bertz CT molecular complexity index is 338. The summed E-state index contributed by atoms with van der Waals surface area (Å²) in [5.41, 5.74) is 5.54. The Morgan fingerprint density at radius 3 is 3.00 bits per heavy atom. The highest BCUT2D eigenvalue weighted by Crippen LogP contribution is 2.32. The molecule has 0 atom stereocenters. The Labute approximate surface area is 89.1 Å². The van der Waals surface area contributed by atoms with Crippen molar-refractivity contribution >= 4 is 11.8 Å². The SMILES string of the molecule is CNc1cc(OCCC2CC2)nc(N)n1. The Kier molecular flexibility index (Phi) is 2.89. The maximum Gasteiger partial charge on any atom is 0.225 e. The third-order valence-electron chi connectivity index (χ3n) is 2.45. The monoisotopic (exact) mass is 208 g/mol. The minimum absolute atomic E-state index is 0.239. The lowest BCUT2D eigenvalue weighted by atomic mass is 10.3. The first kappa shape index (κ1) is 10.0. The smallest absolute Gasteiger partial charge is 0.225 e. The average Bonchev–Trinajstić information content (AvgIpc) is 3.01. The van der Waals surface area contributed by atoms with E-state index in [4.69, 9.17) is 10.5 Å². The number of nitrogens with one attached hydrogen (secondary N) is 1. The summed E-state index contributed by atoms with van der Waals surface area (Å²) >= 11 is 0. The Morgan fingerprint density at radius 1 is 1.53 bits per heavy atom. The second-order valence-corrected chi connectivity index (χ2v) is 3.78. The Balaban J connectivity index is 1.90. The lowest BCUT2D eigenvalue weighted by Gasteiger charge is -2.06. The van der Waals surface area contributed by atoms with Crippen LogP contribution in [0.4, 0.5) is 11.8 Å². The van der Waals surface area contributed by atoms with Crippen LogP contribution in [0.2, 0.25) is 0 Å². The second-order valence-electron chi connectivity index (χ2n) is 3.78. The molecule has 1 aliphatic carbocycles. The van der Waals surface area contributed by atoms with Crippen LogP contribution >= 0.6 is 0 Å². The number of rotatable bonds is 5. The molecule has 0 unspecified atom stereocenters. The third-order valence-corrected chi connectivity index (χ3v) is 2.45. The van der Waals surface area contributed by atoms with Gasteiger partial charge in [-0.2, -0.15) is 9.97 Å². The molecule has 1 fully saturated rings. The lowest BCUT2D eigenvalue weighted by Crippen LogP contribution is -2.05. The highest BCUT2D eigenvalue weighted by molar-refractivity contribution is 5.41. The largest absolute Gasteiger partial charge is 0.477 e. The zero-order valence-corrected chi connectivity index (χ0v) is 8.86. The number of hydrogen-bond donors (Lipinski definition) is 2. The maximum atomic E-state index is 5.54. The third kappa shape index (κ3) is 2.97. The number of nitrogen functional groups attached to an aromatic ring is 1. The minimum Gasteiger partial charge on any atom is -0.477 e. The lowest BCUT2D eigenvalue weighted by molar-refractivity contribution is 0.291. The van der Waals surface area contributed by atoms with Crippen LogP contribution in [0.25, 0.3) is 0 Å². The van der Waals surface area contributed by atoms with E-state index in [0.717, 1.165) is 12.3 Å². The van der Waals surface area contributed by atoms with Crippen molar-refractivity contribution in [1.82, 2.24) is 9.97 Å². The molecule has 1 saturated carbocycles. The summed E-state index contributed by atoms with van der Waals surface area (Å²) in [6.07, 6.45) is 3.80. The average molecular weight is 208 g/mol. The van der Waals surface area contributed by atoms with Crippen LogP contribution in [0, 0.1) is 5.92 Å². The molecule has 5 heteroatoms. The molecule has 0 saturated heterocycles. The van der Waals surface area contributed by atoms with E-state index in [0.29, 0.717) is 18.3 Å². The first-order chi connectivity index (χ1) is 7.28. The van der Waals surface area contributed by atoms with Crippen molar-refractivity contribution in [2.45, 2.75) is 19.3 Å². The van der Waals surface area contributed by atoms with Gasteiger partial charge in [0.2, 0.25) is 11.8 Å². The van der Waals surface area contributed by atoms with Gasteiger partial charge >= 0.3 is 0 Å². The van der Waals surface area contributed by atoms with Gasteiger partial charge in [-0.05, 0) is 12.3 Å². The number of aromatic nitrogens is 2. The van der Waals surface area contributed by atoms with Crippen molar-refractivity contribution in [3.05, 3.63) is 6.07 Å². The van der Waals surface area contributed by atoms with E-state index in [1.165, 1.54) is 12.8 Å². The van der Waals surface area contributed by atoms with Crippen molar-refractivity contribution < 1.29 is 4.74 Å². The molecule has 3 N–H and O–H groups in total. The highest BCUT2D eigenvalue weighted by Gasteiger charge is 2.20. The molecule has 0 aliphatic heterocycles. The predicted octanol–water partition coefficient (Wildman–Crippen LogP) is 1.28. The standard InChI is InChI=1S/C10H16N4O/c1-12-8-6-9(14-10(11)13-8)15-5-4-7-2-3-7/h6-7H,2-5H2,1H3,(H3,11,12,13,14). The quantitative estimate of drug-likeness (QED) is 0.762. The van der Waals surface area contributed by atoms with Crippen molar-refractivity contribution in [3.8, 4) is 5.88 Å². The summed E-state index contributed by atoms with van der Waals surface area (Å²) in [4.78, 5) is 7.99. The summed E-state index contributed by atoms with van der Waals surface area (Å²) in [6.45, 7) is 0.713. The van der Waals surface area contributed by atoms with Crippen LogP contribution in [0.1, 0.15) is 19.3 Å². The fourth-order valence-corrected chi connectivity index (χ4v) is 1.38. The van der Waals surface area contributed by atoms with Gasteiger partial charge in [-0.1, -0.05) is 12.8 Å². The van der Waals surface area contributed by atoms with Crippen LogP contribution in [0.15, 0.2) is 6.07 Å². The molecule has 5 nitrogen and oxygen atoms in total. The Hall–Kier alpha value is -1.52. The molecule has 0 spiro atoms.